The van der Waals surface area contributed by atoms with Crippen LogP contribution >= 0.6 is 11.8 Å². The van der Waals surface area contributed by atoms with Crippen LogP contribution in [0.2, 0.25) is 0 Å². The van der Waals surface area contributed by atoms with E-state index in [9.17, 15) is 13.2 Å². The van der Waals surface area contributed by atoms with Crippen LogP contribution in [-0.4, -0.2) is 85.7 Å². The highest BCUT2D eigenvalue weighted by molar-refractivity contribution is 8.00. The van der Waals surface area contributed by atoms with Gasteiger partial charge in [0.2, 0.25) is 15.9 Å². The van der Waals surface area contributed by atoms with Crippen molar-refractivity contribution in [3.05, 3.63) is 12.2 Å². The summed E-state index contributed by atoms with van der Waals surface area (Å²) >= 11 is 1.79. The third-order valence-corrected chi connectivity index (χ3v) is 8.16. The topological polar surface area (TPSA) is 113 Å². The maximum Gasteiger partial charge on any atom is 0.239 e. The summed E-state index contributed by atoms with van der Waals surface area (Å²) in [6, 6.07) is -0.140. The largest absolute Gasteiger partial charge is 0.381 e. The zero-order valence-corrected chi connectivity index (χ0v) is 18.6. The lowest BCUT2D eigenvalue weighted by atomic mass is 10.0. The number of thioether (sulfide) groups is 1. The number of amides is 1. The number of aliphatic imine (C=N–C) groups is 3. The van der Waals surface area contributed by atoms with Crippen molar-refractivity contribution in [2.75, 3.05) is 38.3 Å². The van der Waals surface area contributed by atoms with E-state index in [1.54, 1.807) is 23.9 Å². The first-order valence-electron chi connectivity index (χ1n) is 10.3. The first kappa shape index (κ1) is 21.7. The molecule has 0 aromatic carbocycles. The van der Waals surface area contributed by atoms with Gasteiger partial charge in [0.25, 0.3) is 0 Å². The molecule has 4 rings (SSSR count). The molecule has 1 amide bonds. The van der Waals surface area contributed by atoms with Gasteiger partial charge in [-0.15, -0.1) is 0 Å². The first-order chi connectivity index (χ1) is 14.4. The fourth-order valence-electron chi connectivity index (χ4n) is 3.87. The van der Waals surface area contributed by atoms with Gasteiger partial charge in [0.05, 0.1) is 18.1 Å². The molecule has 2 saturated heterocycles. The van der Waals surface area contributed by atoms with Crippen molar-refractivity contribution in [1.82, 2.24) is 9.62 Å². The Labute approximate surface area is 181 Å². The SMILES string of the molecule is CS(=O)(=O)N1CCC[C@@H](N=C2C=CC3C(=O)NC(CSC4CCOCC4)=NC3=N2)C1. The van der Waals surface area contributed by atoms with Crippen LogP contribution in [-0.2, 0) is 19.6 Å². The molecular weight excluding hydrogens is 426 g/mol. The summed E-state index contributed by atoms with van der Waals surface area (Å²) in [7, 11) is -3.22. The van der Waals surface area contributed by atoms with E-state index < -0.39 is 15.9 Å². The predicted octanol–water partition coefficient (Wildman–Crippen LogP) is 0.834. The molecule has 0 radical (unpaired) electrons. The standard InChI is InChI=1S/C19H27N5O4S2/c1-30(26,27)24-8-2-3-13(11-24)20-16-5-4-15-18(21-16)22-17(23-19(15)25)12-29-14-6-9-28-10-7-14/h4-5,13-15H,2-3,6-12H2,1H3,(H,20,21,22,23,25)/t13-,15?/m1/s1. The average Bonchev–Trinajstić information content (AvgIpc) is 2.72. The molecule has 1 N–H and O–H groups in total. The normalized spacial score (nSPS) is 29.9. The number of hydrogen-bond acceptors (Lipinski definition) is 7. The number of rotatable bonds is 5. The summed E-state index contributed by atoms with van der Waals surface area (Å²) in [6.45, 7) is 2.47. The number of dihydropyridines is 1. The number of piperidine rings is 1. The summed E-state index contributed by atoms with van der Waals surface area (Å²) in [5, 5.41) is 3.41. The number of nitrogens with one attached hydrogen (secondary N) is 1. The molecule has 0 saturated carbocycles. The summed E-state index contributed by atoms with van der Waals surface area (Å²) in [4.78, 5) is 26.2. The summed E-state index contributed by atoms with van der Waals surface area (Å²) < 4.78 is 30.5. The molecule has 30 heavy (non-hydrogen) atoms. The van der Waals surface area contributed by atoms with Crippen LogP contribution in [0.15, 0.2) is 27.1 Å². The van der Waals surface area contributed by atoms with Gasteiger partial charge in [-0.2, -0.15) is 11.8 Å². The number of sulfonamides is 1. The summed E-state index contributed by atoms with van der Waals surface area (Å²) in [6.07, 6.45) is 8.33. The zero-order valence-electron chi connectivity index (χ0n) is 17.0. The van der Waals surface area contributed by atoms with Crippen LogP contribution in [0.4, 0.5) is 0 Å². The molecule has 0 aromatic rings. The maximum absolute atomic E-state index is 12.5. The summed E-state index contributed by atoms with van der Waals surface area (Å²) in [5.74, 6) is 1.59. The monoisotopic (exact) mass is 453 g/mol. The van der Waals surface area contributed by atoms with Gasteiger partial charge in [-0.1, -0.05) is 6.08 Å². The second-order valence-corrected chi connectivity index (χ2v) is 11.2. The molecule has 11 heteroatoms. The van der Waals surface area contributed by atoms with Gasteiger partial charge >= 0.3 is 0 Å². The number of hydrogen-bond donors (Lipinski definition) is 1. The van der Waals surface area contributed by atoms with Gasteiger partial charge in [-0.05, 0) is 31.8 Å². The molecule has 4 aliphatic rings. The fraction of sp³-hybridized carbons (Fsp3) is 0.684. The van der Waals surface area contributed by atoms with Gasteiger partial charge in [0.1, 0.15) is 23.4 Å². The fourth-order valence-corrected chi connectivity index (χ4v) is 5.83. The van der Waals surface area contributed by atoms with Crippen LogP contribution in [0.3, 0.4) is 0 Å². The van der Waals surface area contributed by atoms with Crippen molar-refractivity contribution >= 4 is 45.2 Å². The number of ether oxygens (including phenoxy) is 1. The zero-order chi connectivity index (χ0) is 21.1. The minimum absolute atomic E-state index is 0.123. The molecule has 2 atom stereocenters. The van der Waals surface area contributed by atoms with E-state index in [1.807, 2.05) is 0 Å². The molecular formula is C19H27N5O4S2. The number of carbonyl (C=O) groups excluding carboxylic acids is 1. The Hall–Kier alpha value is -1.56. The van der Waals surface area contributed by atoms with Crippen molar-refractivity contribution in [3.63, 3.8) is 0 Å². The third kappa shape index (κ3) is 5.37. The molecule has 9 nitrogen and oxygen atoms in total. The molecule has 4 heterocycles. The van der Waals surface area contributed by atoms with Crippen molar-refractivity contribution in [2.45, 2.75) is 37.0 Å². The quantitative estimate of drug-likeness (QED) is 0.663. The van der Waals surface area contributed by atoms with E-state index in [1.165, 1.54) is 10.6 Å². The molecule has 164 valence electrons. The van der Waals surface area contributed by atoms with Crippen molar-refractivity contribution in [2.24, 2.45) is 20.9 Å². The predicted molar refractivity (Wildman–Crippen MR) is 119 cm³/mol. The van der Waals surface area contributed by atoms with Crippen LogP contribution in [0.1, 0.15) is 25.7 Å². The highest BCUT2D eigenvalue weighted by Crippen LogP contribution is 2.23. The van der Waals surface area contributed by atoms with E-state index in [2.05, 4.69) is 20.3 Å². The van der Waals surface area contributed by atoms with E-state index in [0.29, 0.717) is 41.6 Å². The molecule has 4 aliphatic heterocycles. The molecule has 0 spiro atoms. The van der Waals surface area contributed by atoms with Gasteiger partial charge in [0.15, 0.2) is 0 Å². The Morgan fingerprint density at radius 1 is 1.30 bits per heavy atom. The first-order valence-corrected chi connectivity index (χ1v) is 13.2. The van der Waals surface area contributed by atoms with Crippen LogP contribution in [0.25, 0.3) is 0 Å². The van der Waals surface area contributed by atoms with Gasteiger partial charge in [0, 0.05) is 31.6 Å². The minimum Gasteiger partial charge on any atom is -0.381 e. The van der Waals surface area contributed by atoms with Crippen LogP contribution in [0, 0.1) is 5.92 Å². The maximum atomic E-state index is 12.5. The summed E-state index contributed by atoms with van der Waals surface area (Å²) in [5.41, 5.74) is 0. The molecule has 2 fully saturated rings. The highest BCUT2D eigenvalue weighted by Gasteiger charge is 2.31. The number of fused-ring (bicyclic) bond motifs is 1. The Bertz CT molecular complexity index is 906. The van der Waals surface area contributed by atoms with Gasteiger partial charge in [-0.3, -0.25) is 9.79 Å². The Kier molecular flexibility index (Phi) is 6.71. The number of nitrogens with zero attached hydrogens (tertiary/aromatic N) is 4. The Morgan fingerprint density at radius 2 is 2.10 bits per heavy atom. The van der Waals surface area contributed by atoms with E-state index >= 15 is 0 Å². The van der Waals surface area contributed by atoms with Crippen molar-refractivity contribution < 1.29 is 17.9 Å². The lowest BCUT2D eigenvalue weighted by Crippen LogP contribution is -2.45. The second kappa shape index (κ2) is 9.29. The number of carbonyl (C=O) groups is 1. The molecule has 1 unspecified atom stereocenters. The third-order valence-electron chi connectivity index (χ3n) is 5.51. The van der Waals surface area contributed by atoms with Crippen molar-refractivity contribution in [1.29, 1.82) is 0 Å². The van der Waals surface area contributed by atoms with Crippen molar-refractivity contribution in [3.8, 4) is 0 Å². The second-order valence-electron chi connectivity index (χ2n) is 7.88. The van der Waals surface area contributed by atoms with Gasteiger partial charge in [-0.25, -0.2) is 22.7 Å². The van der Waals surface area contributed by atoms with E-state index in [0.717, 1.165) is 38.9 Å². The molecule has 0 aliphatic carbocycles. The Morgan fingerprint density at radius 3 is 2.87 bits per heavy atom. The number of amidine groups is 3. The highest BCUT2D eigenvalue weighted by atomic mass is 32.2. The average molecular weight is 454 g/mol. The molecule has 0 bridgehead atoms. The smallest absolute Gasteiger partial charge is 0.239 e. The lowest BCUT2D eigenvalue weighted by molar-refractivity contribution is -0.120. The van der Waals surface area contributed by atoms with E-state index in [-0.39, 0.29) is 11.9 Å². The lowest BCUT2D eigenvalue weighted by Gasteiger charge is -2.29. The van der Waals surface area contributed by atoms with Crippen LogP contribution in [0.5, 0.6) is 0 Å². The van der Waals surface area contributed by atoms with Crippen LogP contribution < -0.4 is 5.32 Å². The van der Waals surface area contributed by atoms with E-state index in [4.69, 9.17) is 4.74 Å². The molecule has 0 aromatic heterocycles. The minimum atomic E-state index is -3.22. The Balaban J connectivity index is 1.45. The van der Waals surface area contributed by atoms with Gasteiger partial charge < -0.3 is 10.1 Å².